The van der Waals surface area contributed by atoms with Gasteiger partial charge < -0.3 is 9.84 Å². The molecule has 3 nitrogen and oxygen atoms in total. The fourth-order valence-corrected chi connectivity index (χ4v) is 2.93. The number of hydrogen-bond donors (Lipinski definition) is 1. The van der Waals surface area contributed by atoms with E-state index in [2.05, 4.69) is 11.8 Å². The Bertz CT molecular complexity index is 439. The van der Waals surface area contributed by atoms with Gasteiger partial charge in [-0.05, 0) is 44.0 Å². The second kappa shape index (κ2) is 6.66. The van der Waals surface area contributed by atoms with Gasteiger partial charge in [0.2, 0.25) is 0 Å². The van der Waals surface area contributed by atoms with Gasteiger partial charge in [-0.25, -0.2) is 4.39 Å². The summed E-state index contributed by atoms with van der Waals surface area (Å²) in [6.07, 6.45) is -0.192. The predicted octanol–water partition coefficient (Wildman–Crippen LogP) is 2.59. The summed E-state index contributed by atoms with van der Waals surface area (Å²) >= 11 is 0. The molecule has 1 N–H and O–H groups in total. The number of benzene rings is 1. The first-order valence-electron chi connectivity index (χ1n) is 7.31. The highest BCUT2D eigenvalue weighted by atomic mass is 19.1. The average molecular weight is 281 g/mol. The van der Waals surface area contributed by atoms with E-state index in [1.807, 2.05) is 19.9 Å². The SMILES string of the molecule is CCCN1CCOC(C(O)c2c(C)cc(C)cc2F)C1. The summed E-state index contributed by atoms with van der Waals surface area (Å²) < 4.78 is 19.8. The second-order valence-electron chi connectivity index (χ2n) is 5.63. The molecule has 20 heavy (non-hydrogen) atoms. The molecule has 1 aromatic carbocycles. The smallest absolute Gasteiger partial charge is 0.129 e. The number of hydrogen-bond acceptors (Lipinski definition) is 3. The van der Waals surface area contributed by atoms with Crippen LogP contribution in [0.2, 0.25) is 0 Å². The lowest BCUT2D eigenvalue weighted by Gasteiger charge is -2.35. The third kappa shape index (κ3) is 3.37. The van der Waals surface area contributed by atoms with E-state index in [0.29, 0.717) is 18.7 Å². The van der Waals surface area contributed by atoms with Gasteiger partial charge in [0.25, 0.3) is 0 Å². The van der Waals surface area contributed by atoms with Crippen molar-refractivity contribution in [2.75, 3.05) is 26.2 Å². The Morgan fingerprint density at radius 1 is 1.45 bits per heavy atom. The lowest BCUT2D eigenvalue weighted by molar-refractivity contribution is -0.0908. The van der Waals surface area contributed by atoms with Crippen LogP contribution in [-0.4, -0.2) is 42.4 Å². The Labute approximate surface area is 120 Å². The Hall–Kier alpha value is -0.970. The van der Waals surface area contributed by atoms with Crippen LogP contribution < -0.4 is 0 Å². The van der Waals surface area contributed by atoms with E-state index in [0.717, 1.165) is 30.6 Å². The van der Waals surface area contributed by atoms with Gasteiger partial charge in [0.1, 0.15) is 18.0 Å². The molecule has 1 aromatic rings. The molecule has 1 fully saturated rings. The van der Waals surface area contributed by atoms with Crippen molar-refractivity contribution in [3.05, 3.63) is 34.6 Å². The molecule has 1 aliphatic rings. The van der Waals surface area contributed by atoms with E-state index >= 15 is 0 Å². The van der Waals surface area contributed by atoms with Crippen molar-refractivity contribution >= 4 is 0 Å². The molecule has 0 radical (unpaired) electrons. The van der Waals surface area contributed by atoms with Gasteiger partial charge in [-0.3, -0.25) is 4.90 Å². The Morgan fingerprint density at radius 3 is 2.85 bits per heavy atom. The first kappa shape index (κ1) is 15.4. The van der Waals surface area contributed by atoms with Crippen LogP contribution in [0.15, 0.2) is 12.1 Å². The van der Waals surface area contributed by atoms with Crippen LogP contribution in [0.3, 0.4) is 0 Å². The number of ether oxygens (including phenoxy) is 1. The van der Waals surface area contributed by atoms with E-state index in [-0.39, 0.29) is 11.9 Å². The standard InChI is InChI=1S/C16H24FNO2/c1-4-5-18-6-7-20-14(10-18)16(19)15-12(3)8-11(2)9-13(15)17/h8-9,14,16,19H,4-7,10H2,1-3H3. The van der Waals surface area contributed by atoms with Crippen LogP contribution >= 0.6 is 0 Å². The van der Waals surface area contributed by atoms with E-state index in [1.54, 1.807) is 0 Å². The number of rotatable bonds is 4. The van der Waals surface area contributed by atoms with E-state index in [1.165, 1.54) is 6.07 Å². The maximum absolute atomic E-state index is 14.1. The molecule has 0 spiro atoms. The lowest BCUT2D eigenvalue weighted by atomic mass is 9.96. The van der Waals surface area contributed by atoms with Crippen LogP contribution in [-0.2, 0) is 4.74 Å². The fraction of sp³-hybridized carbons (Fsp3) is 0.625. The van der Waals surface area contributed by atoms with E-state index in [4.69, 9.17) is 4.74 Å². The fourth-order valence-electron chi connectivity index (χ4n) is 2.93. The van der Waals surface area contributed by atoms with Gasteiger partial charge in [-0.2, -0.15) is 0 Å². The Balaban J connectivity index is 2.16. The van der Waals surface area contributed by atoms with Gasteiger partial charge in [0, 0.05) is 18.7 Å². The summed E-state index contributed by atoms with van der Waals surface area (Å²) in [6.45, 7) is 8.93. The molecule has 0 bridgehead atoms. The first-order chi connectivity index (χ1) is 9.52. The van der Waals surface area contributed by atoms with Gasteiger partial charge in [0.05, 0.1) is 6.61 Å². The van der Waals surface area contributed by atoms with Crippen LogP contribution in [0.4, 0.5) is 4.39 Å². The van der Waals surface area contributed by atoms with E-state index < -0.39 is 6.10 Å². The molecule has 2 rings (SSSR count). The highest BCUT2D eigenvalue weighted by Crippen LogP contribution is 2.28. The van der Waals surface area contributed by atoms with Crippen molar-refractivity contribution in [2.24, 2.45) is 0 Å². The summed E-state index contributed by atoms with van der Waals surface area (Å²) in [5.74, 6) is -0.341. The minimum atomic E-state index is -0.907. The molecule has 0 aromatic heterocycles. The average Bonchev–Trinajstić information content (AvgIpc) is 2.38. The number of aliphatic hydroxyl groups excluding tert-OH is 1. The largest absolute Gasteiger partial charge is 0.386 e. The lowest BCUT2D eigenvalue weighted by Crippen LogP contribution is -2.45. The summed E-state index contributed by atoms with van der Waals surface area (Å²) in [4.78, 5) is 2.26. The summed E-state index contributed by atoms with van der Waals surface area (Å²) in [5, 5.41) is 10.5. The van der Waals surface area contributed by atoms with Crippen molar-refractivity contribution in [1.29, 1.82) is 0 Å². The Morgan fingerprint density at radius 2 is 2.20 bits per heavy atom. The van der Waals surface area contributed by atoms with Crippen molar-refractivity contribution in [3.8, 4) is 0 Å². The minimum Gasteiger partial charge on any atom is -0.386 e. The molecule has 0 amide bonds. The number of nitrogens with zero attached hydrogens (tertiary/aromatic N) is 1. The molecule has 0 saturated carbocycles. The van der Waals surface area contributed by atoms with Crippen molar-refractivity contribution in [2.45, 2.75) is 39.4 Å². The predicted molar refractivity (Wildman–Crippen MR) is 77.3 cm³/mol. The molecule has 112 valence electrons. The number of halogens is 1. The molecule has 1 saturated heterocycles. The monoisotopic (exact) mass is 281 g/mol. The van der Waals surface area contributed by atoms with Gasteiger partial charge in [0.15, 0.2) is 0 Å². The van der Waals surface area contributed by atoms with Crippen LogP contribution in [0, 0.1) is 19.7 Å². The zero-order chi connectivity index (χ0) is 14.7. The topological polar surface area (TPSA) is 32.7 Å². The molecule has 1 heterocycles. The molecular formula is C16H24FNO2. The van der Waals surface area contributed by atoms with Gasteiger partial charge >= 0.3 is 0 Å². The highest BCUT2D eigenvalue weighted by molar-refractivity contribution is 5.34. The highest BCUT2D eigenvalue weighted by Gasteiger charge is 2.30. The number of morpholine rings is 1. The number of aliphatic hydroxyl groups is 1. The quantitative estimate of drug-likeness (QED) is 0.921. The molecule has 2 unspecified atom stereocenters. The third-order valence-corrected chi connectivity index (χ3v) is 3.85. The zero-order valence-electron chi connectivity index (χ0n) is 12.5. The zero-order valence-corrected chi connectivity index (χ0v) is 12.5. The van der Waals surface area contributed by atoms with Gasteiger partial charge in [-0.1, -0.05) is 13.0 Å². The summed E-state index contributed by atoms with van der Waals surface area (Å²) in [5.41, 5.74) is 2.03. The minimum absolute atomic E-state index is 0.341. The molecule has 2 atom stereocenters. The molecule has 4 heteroatoms. The summed E-state index contributed by atoms with van der Waals surface area (Å²) in [7, 11) is 0. The van der Waals surface area contributed by atoms with Crippen molar-refractivity contribution < 1.29 is 14.2 Å². The number of aryl methyl sites for hydroxylation is 2. The third-order valence-electron chi connectivity index (χ3n) is 3.85. The van der Waals surface area contributed by atoms with Crippen molar-refractivity contribution in [3.63, 3.8) is 0 Å². The Kier molecular flexibility index (Phi) is 5.13. The normalized spacial score (nSPS) is 21.9. The van der Waals surface area contributed by atoms with Crippen molar-refractivity contribution in [1.82, 2.24) is 4.90 Å². The van der Waals surface area contributed by atoms with Crippen LogP contribution in [0.5, 0.6) is 0 Å². The van der Waals surface area contributed by atoms with Gasteiger partial charge in [-0.15, -0.1) is 0 Å². The van der Waals surface area contributed by atoms with Crippen LogP contribution in [0.1, 0.15) is 36.1 Å². The second-order valence-corrected chi connectivity index (χ2v) is 5.63. The van der Waals surface area contributed by atoms with Crippen LogP contribution in [0.25, 0.3) is 0 Å². The van der Waals surface area contributed by atoms with E-state index in [9.17, 15) is 9.50 Å². The molecule has 0 aliphatic carbocycles. The molecule has 1 aliphatic heterocycles. The maximum atomic E-state index is 14.1. The summed E-state index contributed by atoms with van der Waals surface area (Å²) in [6, 6.07) is 3.37. The molecular weight excluding hydrogens is 257 g/mol. The first-order valence-corrected chi connectivity index (χ1v) is 7.31. The maximum Gasteiger partial charge on any atom is 0.129 e.